The summed E-state index contributed by atoms with van der Waals surface area (Å²) >= 11 is 0. The Bertz CT molecular complexity index is 832. The molecule has 0 N–H and O–H groups in total. The van der Waals surface area contributed by atoms with Gasteiger partial charge in [-0.3, -0.25) is 43.2 Å². The van der Waals surface area contributed by atoms with Gasteiger partial charge in [0.05, 0.1) is 17.9 Å². The number of carboxylic acid groups (broad SMARTS) is 3. The normalized spacial score (nSPS) is 10.4. The van der Waals surface area contributed by atoms with Crippen LogP contribution in [-0.2, 0) is 57.5 Å². The zero-order valence-corrected chi connectivity index (χ0v) is 26.3. The second-order valence-electron chi connectivity index (χ2n) is 8.12. The van der Waals surface area contributed by atoms with Gasteiger partial charge in [-0.25, -0.2) is 0 Å². The molecule has 0 spiro atoms. The molecule has 0 atom stereocenters. The molecule has 0 aromatic heterocycles. The fourth-order valence-electron chi connectivity index (χ4n) is 3.52. The van der Waals surface area contributed by atoms with Gasteiger partial charge < -0.3 is 29.7 Å². The first-order valence-electron chi connectivity index (χ1n) is 10.6. The van der Waals surface area contributed by atoms with Crippen LogP contribution >= 0.6 is 0 Å². The van der Waals surface area contributed by atoms with Gasteiger partial charge in [0.15, 0.2) is 68.3 Å². The Morgan fingerprint density at radius 2 is 0.375 bits per heavy atom. The van der Waals surface area contributed by atoms with E-state index in [4.69, 9.17) is 0 Å². The summed E-state index contributed by atoms with van der Waals surface area (Å²) in [5.41, 5.74) is -7.83. The number of ketones is 9. The van der Waals surface area contributed by atoms with E-state index in [0.717, 1.165) is 62.3 Å². The third-order valence-corrected chi connectivity index (χ3v) is 5.67. The van der Waals surface area contributed by atoms with E-state index < -0.39 is 86.2 Å². The van der Waals surface area contributed by atoms with Crippen LogP contribution in [0.4, 0.5) is 0 Å². The van der Waals surface area contributed by atoms with Crippen molar-refractivity contribution in [3.8, 4) is 0 Å². The smallest absolute Gasteiger partial charge is 0.548 e. The number of carboxylic acids is 3. The van der Waals surface area contributed by atoms with Gasteiger partial charge in [0.1, 0.15) is 0 Å². The Hall–Kier alpha value is -3.21. The molecule has 0 amide bonds. The first-order valence-corrected chi connectivity index (χ1v) is 10.6. The van der Waals surface area contributed by atoms with Crippen molar-refractivity contribution in [2.75, 3.05) is 0 Å². The molecule has 0 aromatic carbocycles. The largest absolute Gasteiger partial charge is 3.00 e. The number of rotatable bonds is 12. The number of carbonyl (C=O) groups is 12. The summed E-state index contributed by atoms with van der Waals surface area (Å²) in [5.74, 6) is -15.1. The van der Waals surface area contributed by atoms with Crippen LogP contribution in [0.3, 0.4) is 0 Å². The Morgan fingerprint density at radius 1 is 0.300 bits per heavy atom. The first-order chi connectivity index (χ1) is 17.3. The van der Waals surface area contributed by atoms with Gasteiger partial charge in [-0.15, -0.1) is 0 Å². The quantitative estimate of drug-likeness (QED) is 0.174. The molecule has 217 valence electrons. The van der Waals surface area contributed by atoms with E-state index in [1.807, 2.05) is 0 Å². The molecule has 1 radical (unpaired) electrons. The topological polar surface area (TPSA) is 274 Å². The van der Waals surface area contributed by atoms with Crippen LogP contribution in [0.1, 0.15) is 62.3 Å². The predicted octanol–water partition coefficient (Wildman–Crippen LogP) is -4.53. The molecule has 0 aliphatic heterocycles. The zero-order valence-electron chi connectivity index (χ0n) is 23.1. The standard InChI is InChI=1S/3C8H10O5.Nd/c3*1-4(9)8(5(2)10,6(3)11)7(12)13;/h3*1-3H3,(H,12,13);/q;;;+3/p-3. The second-order valence-corrected chi connectivity index (χ2v) is 8.12. The molecule has 40 heavy (non-hydrogen) atoms. The zero-order chi connectivity index (χ0) is 32.4. The minimum atomic E-state index is -2.61. The minimum Gasteiger partial charge on any atom is -0.548 e. The van der Waals surface area contributed by atoms with Gasteiger partial charge in [-0.2, -0.15) is 0 Å². The maximum Gasteiger partial charge on any atom is 3.00 e. The van der Waals surface area contributed by atoms with Crippen LogP contribution in [0.15, 0.2) is 0 Å². The molecule has 0 saturated heterocycles. The fourth-order valence-corrected chi connectivity index (χ4v) is 3.52. The van der Waals surface area contributed by atoms with E-state index in [1.54, 1.807) is 0 Å². The maximum atomic E-state index is 10.9. The summed E-state index contributed by atoms with van der Waals surface area (Å²) in [7, 11) is 0. The first kappa shape index (κ1) is 43.8. The van der Waals surface area contributed by atoms with E-state index in [1.165, 1.54) is 0 Å². The van der Waals surface area contributed by atoms with E-state index in [2.05, 4.69) is 0 Å². The monoisotopic (exact) mass is 697 g/mol. The molecule has 15 nitrogen and oxygen atoms in total. The summed E-state index contributed by atoms with van der Waals surface area (Å²) in [6.45, 7) is 7.86. The molecule has 0 heterocycles. The van der Waals surface area contributed by atoms with Gasteiger partial charge in [0.25, 0.3) is 0 Å². The van der Waals surface area contributed by atoms with Crippen molar-refractivity contribution in [2.45, 2.75) is 62.3 Å². The maximum absolute atomic E-state index is 10.9. The van der Waals surface area contributed by atoms with Crippen molar-refractivity contribution in [2.24, 2.45) is 16.2 Å². The van der Waals surface area contributed by atoms with Gasteiger partial charge in [0.2, 0.25) is 0 Å². The third-order valence-electron chi connectivity index (χ3n) is 5.67. The summed E-state index contributed by atoms with van der Waals surface area (Å²) in [5, 5.41) is 31.7. The molecule has 0 unspecified atom stereocenters. The molecule has 0 aliphatic carbocycles. The van der Waals surface area contributed by atoms with Crippen LogP contribution in [0, 0.1) is 57.1 Å². The van der Waals surface area contributed by atoms with Gasteiger partial charge >= 0.3 is 40.8 Å². The number of hydrogen-bond acceptors (Lipinski definition) is 15. The van der Waals surface area contributed by atoms with Crippen molar-refractivity contribution < 1.29 is 114 Å². The number of aliphatic carboxylic acids is 3. The molecular formula is C24H27NdO15. The van der Waals surface area contributed by atoms with Crippen molar-refractivity contribution in [3.05, 3.63) is 0 Å². The van der Waals surface area contributed by atoms with Crippen molar-refractivity contribution in [1.29, 1.82) is 0 Å². The fraction of sp³-hybridized carbons (Fsp3) is 0.500. The Morgan fingerprint density at radius 3 is 0.375 bits per heavy atom. The van der Waals surface area contributed by atoms with Gasteiger partial charge in [0, 0.05) is 0 Å². The Kier molecular flexibility index (Phi) is 18.4. The molecule has 0 fully saturated rings. The van der Waals surface area contributed by atoms with Crippen molar-refractivity contribution in [3.63, 3.8) is 0 Å². The van der Waals surface area contributed by atoms with E-state index in [9.17, 15) is 72.9 Å². The molecule has 0 aliphatic rings. The summed E-state index contributed by atoms with van der Waals surface area (Å²) in [4.78, 5) is 130. The SMILES string of the molecule is CC(=O)C(C(C)=O)(C(C)=O)C(=O)[O-].CC(=O)C(C(C)=O)(C(C)=O)C(=O)[O-].CC(=O)C(C(C)=O)(C(C)=O)C(=O)[O-].[Nd+3]. The molecule has 0 rings (SSSR count). The predicted molar refractivity (Wildman–Crippen MR) is 118 cm³/mol. The van der Waals surface area contributed by atoms with Gasteiger partial charge in [-0.1, -0.05) is 0 Å². The summed E-state index contributed by atoms with van der Waals surface area (Å²) in [6, 6.07) is 0. The third kappa shape index (κ3) is 8.39. The van der Waals surface area contributed by atoms with E-state index in [0.29, 0.717) is 0 Å². The molecule has 16 heteroatoms. The van der Waals surface area contributed by atoms with Gasteiger partial charge in [-0.05, 0) is 62.3 Å². The molecule has 0 aromatic rings. The Balaban J connectivity index is -0.000000240. The average molecular weight is 700 g/mol. The Labute approximate surface area is 260 Å². The van der Waals surface area contributed by atoms with Crippen LogP contribution < -0.4 is 15.3 Å². The summed E-state index contributed by atoms with van der Waals surface area (Å²) < 4.78 is 0. The van der Waals surface area contributed by atoms with Crippen LogP contribution in [0.25, 0.3) is 0 Å². The van der Waals surface area contributed by atoms with Crippen LogP contribution in [0.5, 0.6) is 0 Å². The molecular weight excluding hydrogens is 672 g/mol. The average Bonchev–Trinajstić information content (AvgIpc) is 2.66. The van der Waals surface area contributed by atoms with Crippen LogP contribution in [0.2, 0.25) is 0 Å². The number of Topliss-reactive ketones (excluding diaryl/α,β-unsaturated/α-hetero) is 9. The molecule has 0 saturated carbocycles. The van der Waals surface area contributed by atoms with E-state index in [-0.39, 0.29) is 40.8 Å². The minimum absolute atomic E-state index is 0. The van der Waals surface area contributed by atoms with Crippen molar-refractivity contribution >= 4 is 70.0 Å². The van der Waals surface area contributed by atoms with Crippen molar-refractivity contribution in [1.82, 2.24) is 0 Å². The number of hydrogen-bond donors (Lipinski definition) is 0. The number of carbonyl (C=O) groups excluding carboxylic acids is 12. The second kappa shape index (κ2) is 16.8. The van der Waals surface area contributed by atoms with E-state index >= 15 is 0 Å². The molecule has 0 bridgehead atoms. The van der Waals surface area contributed by atoms with Crippen LogP contribution in [-0.4, -0.2) is 70.0 Å². The summed E-state index contributed by atoms with van der Waals surface area (Å²) in [6.07, 6.45) is 0.